The number of carbonyl (C=O) groups is 1. The minimum Gasteiger partial charge on any atom is -0.442 e. The highest BCUT2D eigenvalue weighted by molar-refractivity contribution is 9.10. The minimum absolute atomic E-state index is 0.171. The molecule has 0 fully saturated rings. The summed E-state index contributed by atoms with van der Waals surface area (Å²) in [6.45, 7) is 5.33. The lowest BCUT2D eigenvalue weighted by atomic mass is 10.2. The van der Waals surface area contributed by atoms with Gasteiger partial charge in [-0.25, -0.2) is 4.79 Å². The van der Waals surface area contributed by atoms with E-state index in [1.165, 1.54) is 0 Å². The van der Waals surface area contributed by atoms with E-state index in [1.807, 2.05) is 0 Å². The number of hydrogen-bond acceptors (Lipinski definition) is 5. The van der Waals surface area contributed by atoms with Crippen LogP contribution in [0.5, 0.6) is 0 Å². The van der Waals surface area contributed by atoms with Crippen molar-refractivity contribution in [3.63, 3.8) is 0 Å². The van der Waals surface area contributed by atoms with Crippen molar-refractivity contribution in [3.05, 3.63) is 21.8 Å². The van der Waals surface area contributed by atoms with E-state index in [0.29, 0.717) is 21.1 Å². The van der Waals surface area contributed by atoms with E-state index in [0.717, 1.165) is 4.68 Å². The van der Waals surface area contributed by atoms with Crippen LogP contribution in [0.3, 0.4) is 0 Å². The van der Waals surface area contributed by atoms with Gasteiger partial charge in [-0.15, -0.1) is 5.10 Å². The topological polar surface area (TPSA) is 56.5 Å². The monoisotopic (exact) mass is 387 g/mol. The molecule has 0 saturated carbocycles. The first-order valence-corrected chi connectivity index (χ1v) is 7.50. The fourth-order valence-corrected chi connectivity index (χ4v) is 2.79. The summed E-state index contributed by atoms with van der Waals surface area (Å²) in [6, 6.07) is 3.36. The average molecular weight is 389 g/mol. The maximum Gasteiger partial charge on any atom is 0.435 e. The highest BCUT2D eigenvalue weighted by Gasteiger charge is 2.23. The highest BCUT2D eigenvalue weighted by atomic mass is 79.9. The molecule has 2 rings (SSSR count). The lowest BCUT2D eigenvalue weighted by Gasteiger charge is -2.19. The fraction of sp³-hybridized carbons (Fsp3) is 0.308. The number of ether oxygens (including phenoxy) is 1. The molecule has 0 saturated heterocycles. The van der Waals surface area contributed by atoms with Gasteiger partial charge in [-0.3, -0.25) is 0 Å². The predicted octanol–water partition coefficient (Wildman–Crippen LogP) is 4.97. The summed E-state index contributed by atoms with van der Waals surface area (Å²) in [7, 11) is 0. The van der Waals surface area contributed by atoms with Gasteiger partial charge in [-0.1, -0.05) is 11.6 Å². The number of isothiocyanates is 1. The third-order valence-corrected chi connectivity index (χ3v) is 3.61. The molecule has 1 aromatic heterocycles. The molecule has 0 aliphatic heterocycles. The standard InChI is InChI=1S/C13H11BrClN3O2S/c1-13(2,3)20-12(19)18-8-5-4-7(16-6-21)10(14)9(8)11(15)17-18/h4-5H,1-3H3. The lowest BCUT2D eigenvalue weighted by molar-refractivity contribution is 0.0523. The number of thiocarbonyl (C=S) groups is 1. The van der Waals surface area contributed by atoms with Crippen molar-refractivity contribution in [3.8, 4) is 0 Å². The van der Waals surface area contributed by atoms with Gasteiger partial charge in [0.25, 0.3) is 0 Å². The Balaban J connectivity index is 2.61. The van der Waals surface area contributed by atoms with E-state index >= 15 is 0 Å². The van der Waals surface area contributed by atoms with E-state index in [4.69, 9.17) is 16.3 Å². The second-order valence-corrected chi connectivity index (χ2v) is 6.51. The maximum absolute atomic E-state index is 12.2. The van der Waals surface area contributed by atoms with Gasteiger partial charge >= 0.3 is 6.09 Å². The Morgan fingerprint density at radius 1 is 1.52 bits per heavy atom. The zero-order valence-corrected chi connectivity index (χ0v) is 14.6. The first-order valence-electron chi connectivity index (χ1n) is 5.92. The first kappa shape index (κ1) is 16.1. The van der Waals surface area contributed by atoms with E-state index in [-0.39, 0.29) is 5.15 Å². The molecule has 0 N–H and O–H groups in total. The third kappa shape index (κ3) is 3.32. The van der Waals surface area contributed by atoms with Crippen molar-refractivity contribution in [1.82, 2.24) is 9.78 Å². The smallest absolute Gasteiger partial charge is 0.435 e. The Kier molecular flexibility index (Phi) is 4.49. The van der Waals surface area contributed by atoms with E-state index in [2.05, 4.69) is 43.4 Å². The number of benzene rings is 1. The van der Waals surface area contributed by atoms with Crippen LogP contribution in [0.1, 0.15) is 20.8 Å². The van der Waals surface area contributed by atoms with Crippen LogP contribution in [0, 0.1) is 0 Å². The molecule has 0 spiro atoms. The Bertz CT molecular complexity index is 776. The van der Waals surface area contributed by atoms with Crippen molar-refractivity contribution < 1.29 is 9.53 Å². The van der Waals surface area contributed by atoms with Gasteiger partial charge in [0.05, 0.1) is 26.2 Å². The van der Waals surface area contributed by atoms with Crippen molar-refractivity contribution in [2.75, 3.05) is 0 Å². The average Bonchev–Trinajstić information content (AvgIpc) is 2.69. The number of fused-ring (bicyclic) bond motifs is 1. The van der Waals surface area contributed by atoms with Crippen LogP contribution in [0.25, 0.3) is 10.9 Å². The Morgan fingerprint density at radius 2 is 2.19 bits per heavy atom. The van der Waals surface area contributed by atoms with Crippen molar-refractivity contribution in [1.29, 1.82) is 0 Å². The van der Waals surface area contributed by atoms with Crippen LogP contribution >= 0.6 is 39.7 Å². The van der Waals surface area contributed by atoms with Gasteiger partial charge in [-0.2, -0.15) is 9.67 Å². The largest absolute Gasteiger partial charge is 0.442 e. The second kappa shape index (κ2) is 5.85. The Labute approximate surface area is 140 Å². The predicted molar refractivity (Wildman–Crippen MR) is 88.8 cm³/mol. The number of halogens is 2. The van der Waals surface area contributed by atoms with Gasteiger partial charge in [0, 0.05) is 0 Å². The summed E-state index contributed by atoms with van der Waals surface area (Å²) < 4.78 is 7.02. The molecule has 8 heteroatoms. The summed E-state index contributed by atoms with van der Waals surface area (Å²) in [4.78, 5) is 16.1. The van der Waals surface area contributed by atoms with Crippen LogP contribution in [-0.4, -0.2) is 26.6 Å². The molecule has 110 valence electrons. The zero-order valence-electron chi connectivity index (χ0n) is 11.5. The number of aliphatic imine (C=N–C) groups is 1. The third-order valence-electron chi connectivity index (χ3n) is 2.45. The fourth-order valence-electron chi connectivity index (χ4n) is 1.70. The van der Waals surface area contributed by atoms with Crippen LogP contribution in [-0.2, 0) is 4.74 Å². The maximum atomic E-state index is 12.2. The van der Waals surface area contributed by atoms with Crippen molar-refractivity contribution in [2.45, 2.75) is 26.4 Å². The Morgan fingerprint density at radius 3 is 2.76 bits per heavy atom. The van der Waals surface area contributed by atoms with E-state index in [1.54, 1.807) is 32.9 Å². The quantitative estimate of drug-likeness (QED) is 0.511. The first-order chi connectivity index (χ1) is 9.74. The molecule has 1 aromatic carbocycles. The molecule has 21 heavy (non-hydrogen) atoms. The molecule has 2 aromatic rings. The molecule has 0 atom stereocenters. The van der Waals surface area contributed by atoms with Crippen LogP contribution in [0.15, 0.2) is 21.6 Å². The molecule has 0 bridgehead atoms. The normalized spacial score (nSPS) is 11.3. The minimum atomic E-state index is -0.624. The highest BCUT2D eigenvalue weighted by Crippen LogP contribution is 2.37. The summed E-state index contributed by atoms with van der Waals surface area (Å²) >= 11 is 14.1. The molecule has 0 unspecified atom stereocenters. The van der Waals surface area contributed by atoms with Crippen molar-refractivity contribution in [2.24, 2.45) is 4.99 Å². The van der Waals surface area contributed by atoms with Crippen LogP contribution in [0.2, 0.25) is 5.15 Å². The second-order valence-electron chi connectivity index (χ2n) is 5.18. The number of rotatable bonds is 1. The van der Waals surface area contributed by atoms with Crippen molar-refractivity contribution >= 4 is 67.6 Å². The zero-order chi connectivity index (χ0) is 15.8. The lowest BCUT2D eigenvalue weighted by Crippen LogP contribution is -2.27. The number of nitrogens with zero attached hydrogens (tertiary/aromatic N) is 3. The van der Waals surface area contributed by atoms with Gasteiger partial charge in [0.2, 0.25) is 0 Å². The molecule has 1 heterocycles. The Hall–Kier alpha value is -1.27. The van der Waals surface area contributed by atoms with E-state index in [9.17, 15) is 4.79 Å². The molecular formula is C13H11BrClN3O2S. The van der Waals surface area contributed by atoms with Gasteiger partial charge in [-0.05, 0) is 61.1 Å². The molecule has 0 amide bonds. The number of carbonyl (C=O) groups excluding carboxylic acids is 1. The van der Waals surface area contributed by atoms with Gasteiger partial charge in [0.1, 0.15) is 5.60 Å². The summed E-state index contributed by atoms with van der Waals surface area (Å²) in [6.07, 6.45) is -0.600. The summed E-state index contributed by atoms with van der Waals surface area (Å²) in [5, 5.41) is 7.05. The summed E-state index contributed by atoms with van der Waals surface area (Å²) in [5.41, 5.74) is 0.452. The van der Waals surface area contributed by atoms with Gasteiger partial charge in [0.15, 0.2) is 5.15 Å². The number of hydrogen-bond donors (Lipinski definition) is 0. The summed E-state index contributed by atoms with van der Waals surface area (Å²) in [5.74, 6) is 0. The van der Waals surface area contributed by atoms with E-state index < -0.39 is 11.7 Å². The molecule has 0 radical (unpaired) electrons. The van der Waals surface area contributed by atoms with Crippen LogP contribution in [0.4, 0.5) is 10.5 Å². The molecular weight excluding hydrogens is 378 g/mol. The number of aromatic nitrogens is 2. The molecule has 5 nitrogen and oxygen atoms in total. The SMILES string of the molecule is CC(C)(C)OC(=O)n1nc(Cl)c2c(Br)c(N=C=S)ccc21. The molecule has 0 aliphatic rings. The van der Waals surface area contributed by atoms with Crippen LogP contribution < -0.4 is 0 Å². The molecule has 0 aliphatic carbocycles. The van der Waals surface area contributed by atoms with Gasteiger partial charge < -0.3 is 4.74 Å².